The lowest BCUT2D eigenvalue weighted by molar-refractivity contribution is -0.121. The van der Waals surface area contributed by atoms with E-state index in [1.807, 2.05) is 12.1 Å². The summed E-state index contributed by atoms with van der Waals surface area (Å²) < 4.78 is 2.20. The molecule has 0 atom stereocenters. The molecule has 0 saturated carbocycles. The number of carbonyl (C=O) groups is 1. The maximum atomic E-state index is 11.3. The molecule has 2 N–H and O–H groups in total. The Labute approximate surface area is 113 Å². The van der Waals surface area contributed by atoms with Crippen LogP contribution in [0.5, 0.6) is 0 Å². The number of rotatable bonds is 7. The van der Waals surface area contributed by atoms with Crippen LogP contribution in [-0.2, 0) is 11.3 Å². The Hall–Kier alpha value is -1.81. The van der Waals surface area contributed by atoms with Crippen molar-refractivity contribution >= 4 is 16.8 Å². The Morgan fingerprint density at radius 2 is 2.05 bits per heavy atom. The summed E-state index contributed by atoms with van der Waals surface area (Å²) >= 11 is 0. The first kappa shape index (κ1) is 13.6. The number of hydrogen-bond donors (Lipinski definition) is 2. The van der Waals surface area contributed by atoms with Gasteiger partial charge >= 0.3 is 0 Å². The molecule has 0 spiro atoms. The van der Waals surface area contributed by atoms with Gasteiger partial charge in [0.25, 0.3) is 0 Å². The van der Waals surface area contributed by atoms with Crippen LogP contribution in [0.3, 0.4) is 0 Å². The minimum atomic E-state index is 0.0198. The van der Waals surface area contributed by atoms with Crippen molar-refractivity contribution in [3.63, 3.8) is 0 Å². The predicted molar refractivity (Wildman–Crippen MR) is 75.9 cm³/mol. The highest BCUT2D eigenvalue weighted by molar-refractivity contribution is 5.79. The first-order chi connectivity index (χ1) is 9.31. The number of hydrogen-bond acceptors (Lipinski definition) is 2. The van der Waals surface area contributed by atoms with Crippen LogP contribution in [0, 0.1) is 0 Å². The Morgan fingerprint density at radius 3 is 2.89 bits per heavy atom. The number of benzene rings is 1. The number of aliphatic hydroxyl groups is 1. The molecule has 1 aromatic heterocycles. The quantitative estimate of drug-likeness (QED) is 0.747. The Bertz CT molecular complexity index is 534. The maximum Gasteiger partial charge on any atom is 0.220 e. The summed E-state index contributed by atoms with van der Waals surface area (Å²) in [5.74, 6) is 0.0198. The topological polar surface area (TPSA) is 54.3 Å². The van der Waals surface area contributed by atoms with Gasteiger partial charge in [0, 0.05) is 37.8 Å². The van der Waals surface area contributed by atoms with Gasteiger partial charge in [-0.1, -0.05) is 18.2 Å². The molecule has 4 nitrogen and oxygen atoms in total. The van der Waals surface area contributed by atoms with Crippen molar-refractivity contribution in [2.75, 3.05) is 13.2 Å². The lowest BCUT2D eigenvalue weighted by Crippen LogP contribution is -2.25. The highest BCUT2D eigenvalue weighted by Crippen LogP contribution is 2.15. The summed E-state index contributed by atoms with van der Waals surface area (Å²) in [6.07, 6.45) is 3.93. The predicted octanol–water partition coefficient (Wildman–Crippen LogP) is 1.92. The molecule has 0 bridgehead atoms. The molecule has 2 rings (SSSR count). The number of aliphatic hydroxyl groups excluding tert-OH is 1. The van der Waals surface area contributed by atoms with Crippen LogP contribution in [-0.4, -0.2) is 28.7 Å². The molecule has 0 aliphatic rings. The van der Waals surface area contributed by atoms with Crippen molar-refractivity contribution < 1.29 is 9.90 Å². The molecule has 1 heterocycles. The summed E-state index contributed by atoms with van der Waals surface area (Å²) in [4.78, 5) is 11.3. The number of aryl methyl sites for hydroxylation is 1. The normalized spacial score (nSPS) is 10.8. The lowest BCUT2D eigenvalue weighted by Gasteiger charge is -2.07. The summed E-state index contributed by atoms with van der Waals surface area (Å²) in [6.45, 7) is 1.65. The van der Waals surface area contributed by atoms with Crippen LogP contribution in [0.4, 0.5) is 0 Å². The van der Waals surface area contributed by atoms with Crippen LogP contribution in [0.25, 0.3) is 10.9 Å². The first-order valence-corrected chi connectivity index (χ1v) is 6.72. The van der Waals surface area contributed by atoms with Crippen molar-refractivity contribution in [2.24, 2.45) is 0 Å². The fraction of sp³-hybridized carbons (Fsp3) is 0.400. The third kappa shape index (κ3) is 3.83. The van der Waals surface area contributed by atoms with E-state index in [-0.39, 0.29) is 12.5 Å². The van der Waals surface area contributed by atoms with E-state index in [0.717, 1.165) is 13.0 Å². The zero-order valence-electron chi connectivity index (χ0n) is 11.0. The van der Waals surface area contributed by atoms with E-state index in [4.69, 9.17) is 5.11 Å². The highest BCUT2D eigenvalue weighted by atomic mass is 16.3. The molecule has 1 aromatic carbocycles. The van der Waals surface area contributed by atoms with Gasteiger partial charge in [0.05, 0.1) is 0 Å². The zero-order valence-corrected chi connectivity index (χ0v) is 11.0. The number of aromatic nitrogens is 1. The second-order valence-electron chi connectivity index (χ2n) is 4.60. The third-order valence-corrected chi connectivity index (χ3v) is 3.14. The third-order valence-electron chi connectivity index (χ3n) is 3.14. The molecule has 1 amide bonds. The smallest absolute Gasteiger partial charge is 0.220 e. The summed E-state index contributed by atoms with van der Waals surface area (Å²) in [6, 6.07) is 10.4. The van der Waals surface area contributed by atoms with Crippen LogP contribution in [0.1, 0.15) is 19.3 Å². The number of fused-ring (bicyclic) bond motifs is 1. The number of amides is 1. The van der Waals surface area contributed by atoms with Gasteiger partial charge in [-0.05, 0) is 30.4 Å². The fourth-order valence-corrected chi connectivity index (χ4v) is 2.14. The molecule has 0 radical (unpaired) electrons. The average molecular weight is 260 g/mol. The number of nitrogens with one attached hydrogen (secondary N) is 1. The maximum absolute atomic E-state index is 11.3. The largest absolute Gasteiger partial charge is 0.396 e. The van der Waals surface area contributed by atoms with Crippen LogP contribution in [0.15, 0.2) is 36.5 Å². The van der Waals surface area contributed by atoms with E-state index >= 15 is 0 Å². The minimum absolute atomic E-state index is 0.0198. The second-order valence-corrected chi connectivity index (χ2v) is 4.60. The number of para-hydroxylation sites is 1. The van der Waals surface area contributed by atoms with Gasteiger partial charge in [-0.25, -0.2) is 0 Å². The van der Waals surface area contributed by atoms with Crippen LogP contribution in [0.2, 0.25) is 0 Å². The molecule has 0 fully saturated rings. The van der Waals surface area contributed by atoms with Gasteiger partial charge in [0.1, 0.15) is 0 Å². The summed E-state index contributed by atoms with van der Waals surface area (Å²) in [7, 11) is 0. The van der Waals surface area contributed by atoms with Gasteiger partial charge in [0.2, 0.25) is 5.91 Å². The number of nitrogens with zero attached hydrogens (tertiary/aromatic N) is 1. The average Bonchev–Trinajstić information content (AvgIpc) is 2.85. The summed E-state index contributed by atoms with van der Waals surface area (Å²) in [5, 5.41) is 12.7. The van der Waals surface area contributed by atoms with Crippen LogP contribution < -0.4 is 5.32 Å². The zero-order chi connectivity index (χ0) is 13.5. The van der Waals surface area contributed by atoms with Gasteiger partial charge in [0.15, 0.2) is 0 Å². The molecule has 0 aliphatic carbocycles. The Balaban J connectivity index is 1.75. The fourth-order valence-electron chi connectivity index (χ4n) is 2.14. The minimum Gasteiger partial charge on any atom is -0.396 e. The molecule has 19 heavy (non-hydrogen) atoms. The molecular weight excluding hydrogens is 240 g/mol. The van der Waals surface area contributed by atoms with Gasteiger partial charge in [-0.2, -0.15) is 0 Å². The Kier molecular flexibility index (Phi) is 4.98. The van der Waals surface area contributed by atoms with Crippen molar-refractivity contribution in [2.45, 2.75) is 25.8 Å². The monoisotopic (exact) mass is 260 g/mol. The van der Waals surface area contributed by atoms with Crippen LogP contribution >= 0.6 is 0 Å². The van der Waals surface area contributed by atoms with E-state index in [0.29, 0.717) is 19.4 Å². The SMILES string of the molecule is O=C(CCCO)NCCCn1ccc2ccccc21. The van der Waals surface area contributed by atoms with Crippen molar-refractivity contribution in [1.82, 2.24) is 9.88 Å². The first-order valence-electron chi connectivity index (χ1n) is 6.72. The van der Waals surface area contributed by atoms with Gasteiger partial charge < -0.3 is 15.0 Å². The molecule has 0 unspecified atom stereocenters. The van der Waals surface area contributed by atoms with Crippen molar-refractivity contribution in [3.05, 3.63) is 36.5 Å². The second kappa shape index (κ2) is 6.95. The molecule has 102 valence electrons. The van der Waals surface area contributed by atoms with Crippen molar-refractivity contribution in [1.29, 1.82) is 0 Å². The highest BCUT2D eigenvalue weighted by Gasteiger charge is 2.01. The molecule has 0 aliphatic heterocycles. The van der Waals surface area contributed by atoms with E-state index in [1.54, 1.807) is 0 Å². The standard InChI is InChI=1S/C15H20N2O2/c18-12-3-7-15(19)16-9-4-10-17-11-8-13-5-1-2-6-14(13)17/h1-2,5-6,8,11,18H,3-4,7,9-10,12H2,(H,16,19). The Morgan fingerprint density at radius 1 is 1.21 bits per heavy atom. The van der Waals surface area contributed by atoms with Gasteiger partial charge in [-0.3, -0.25) is 4.79 Å². The van der Waals surface area contributed by atoms with E-state index in [1.165, 1.54) is 10.9 Å². The molecule has 0 saturated heterocycles. The summed E-state index contributed by atoms with van der Waals surface area (Å²) in [5.41, 5.74) is 1.23. The van der Waals surface area contributed by atoms with E-state index in [9.17, 15) is 4.79 Å². The molecule has 4 heteroatoms. The van der Waals surface area contributed by atoms with Gasteiger partial charge in [-0.15, -0.1) is 0 Å². The van der Waals surface area contributed by atoms with E-state index < -0.39 is 0 Å². The number of carbonyl (C=O) groups excluding carboxylic acids is 1. The lowest BCUT2D eigenvalue weighted by atomic mass is 10.2. The van der Waals surface area contributed by atoms with Crippen molar-refractivity contribution in [3.8, 4) is 0 Å². The molecular formula is C15H20N2O2. The van der Waals surface area contributed by atoms with E-state index in [2.05, 4.69) is 34.3 Å². The molecule has 2 aromatic rings.